The van der Waals surface area contributed by atoms with Crippen molar-refractivity contribution >= 4 is 5.97 Å². The van der Waals surface area contributed by atoms with Gasteiger partial charge in [-0.25, -0.2) is 4.79 Å². The van der Waals surface area contributed by atoms with Crippen molar-refractivity contribution in [3.05, 3.63) is 70.8 Å². The molecule has 3 rings (SSSR count). The van der Waals surface area contributed by atoms with Crippen LogP contribution in [-0.2, 0) is 6.42 Å². The van der Waals surface area contributed by atoms with Crippen molar-refractivity contribution < 1.29 is 14.3 Å². The first-order valence-corrected chi connectivity index (χ1v) is 11.8. The second-order valence-corrected chi connectivity index (χ2v) is 8.90. The topological polar surface area (TPSA) is 35.5 Å². The number of allylic oxidation sites excluding steroid dienone is 2. The molecule has 1 aliphatic rings. The van der Waals surface area contributed by atoms with E-state index in [4.69, 9.17) is 9.47 Å². The van der Waals surface area contributed by atoms with E-state index in [9.17, 15) is 4.79 Å². The summed E-state index contributed by atoms with van der Waals surface area (Å²) in [5.74, 6) is 1.38. The Morgan fingerprint density at radius 1 is 1.10 bits per heavy atom. The number of hydrogen-bond donors (Lipinski definition) is 0. The Labute approximate surface area is 187 Å². The summed E-state index contributed by atoms with van der Waals surface area (Å²) in [7, 11) is 0. The monoisotopic (exact) mass is 420 g/mol. The van der Waals surface area contributed by atoms with E-state index in [1.807, 2.05) is 32.0 Å². The third kappa shape index (κ3) is 6.46. The first-order chi connectivity index (χ1) is 15.0. The maximum atomic E-state index is 12.9. The molecule has 0 radical (unpaired) electrons. The van der Waals surface area contributed by atoms with Crippen LogP contribution in [0, 0.1) is 0 Å². The SMILES string of the molecule is CCCCCc1cc(OC(=O)c2ccccc2)c(C2C=C(C)CCC2)c(OC(C)C)c1. The number of carbonyl (C=O) groups is 1. The zero-order valence-corrected chi connectivity index (χ0v) is 19.4. The van der Waals surface area contributed by atoms with Crippen molar-refractivity contribution in [3.8, 4) is 11.5 Å². The largest absolute Gasteiger partial charge is 0.491 e. The number of rotatable bonds is 9. The molecule has 2 aromatic rings. The molecule has 3 nitrogen and oxygen atoms in total. The molecule has 0 spiro atoms. The van der Waals surface area contributed by atoms with Crippen LogP contribution < -0.4 is 9.47 Å². The maximum absolute atomic E-state index is 12.9. The smallest absolute Gasteiger partial charge is 0.343 e. The number of benzene rings is 2. The highest BCUT2D eigenvalue weighted by Crippen LogP contribution is 2.43. The summed E-state index contributed by atoms with van der Waals surface area (Å²) >= 11 is 0. The second-order valence-electron chi connectivity index (χ2n) is 8.90. The van der Waals surface area contributed by atoms with Crippen LogP contribution in [-0.4, -0.2) is 12.1 Å². The Kier molecular flexibility index (Phi) is 8.34. The molecule has 3 heteroatoms. The lowest BCUT2D eigenvalue weighted by Gasteiger charge is -2.26. The summed E-state index contributed by atoms with van der Waals surface area (Å²) in [6.07, 6.45) is 10.1. The maximum Gasteiger partial charge on any atom is 0.343 e. The van der Waals surface area contributed by atoms with Crippen LogP contribution in [0.1, 0.15) is 93.6 Å². The molecule has 0 saturated heterocycles. The van der Waals surface area contributed by atoms with E-state index in [2.05, 4.69) is 32.1 Å². The van der Waals surface area contributed by atoms with E-state index >= 15 is 0 Å². The van der Waals surface area contributed by atoms with Gasteiger partial charge < -0.3 is 9.47 Å². The van der Waals surface area contributed by atoms with Crippen LogP contribution in [0.5, 0.6) is 11.5 Å². The summed E-state index contributed by atoms with van der Waals surface area (Å²) < 4.78 is 12.3. The molecular weight excluding hydrogens is 384 g/mol. The van der Waals surface area contributed by atoms with Crippen LogP contribution in [0.2, 0.25) is 0 Å². The van der Waals surface area contributed by atoms with Crippen LogP contribution >= 0.6 is 0 Å². The Bertz CT molecular complexity index is 896. The van der Waals surface area contributed by atoms with Crippen LogP contribution in [0.3, 0.4) is 0 Å². The zero-order chi connectivity index (χ0) is 22.2. The van der Waals surface area contributed by atoms with Gasteiger partial charge >= 0.3 is 5.97 Å². The highest BCUT2D eigenvalue weighted by Gasteiger charge is 2.25. The van der Waals surface area contributed by atoms with Gasteiger partial charge in [-0.05, 0) is 82.7 Å². The Morgan fingerprint density at radius 2 is 1.84 bits per heavy atom. The fraction of sp³-hybridized carbons (Fsp3) is 0.464. The minimum atomic E-state index is -0.320. The summed E-state index contributed by atoms with van der Waals surface area (Å²) in [5, 5.41) is 0. The first kappa shape index (κ1) is 23.1. The first-order valence-electron chi connectivity index (χ1n) is 11.8. The lowest BCUT2D eigenvalue weighted by molar-refractivity contribution is 0.0732. The minimum absolute atomic E-state index is 0.0518. The fourth-order valence-corrected chi connectivity index (χ4v) is 4.25. The van der Waals surface area contributed by atoms with E-state index in [1.165, 1.54) is 24.0 Å². The molecule has 1 atom stereocenters. The predicted octanol–water partition coefficient (Wildman–Crippen LogP) is 7.64. The van der Waals surface area contributed by atoms with Crippen molar-refractivity contribution in [2.75, 3.05) is 0 Å². The molecule has 2 aromatic carbocycles. The second kappa shape index (κ2) is 11.2. The summed E-state index contributed by atoms with van der Waals surface area (Å²) in [6.45, 7) is 8.49. The number of unbranched alkanes of at least 4 members (excludes halogenated alkanes) is 2. The van der Waals surface area contributed by atoms with Crippen molar-refractivity contribution in [1.29, 1.82) is 0 Å². The van der Waals surface area contributed by atoms with E-state index in [0.717, 1.165) is 43.4 Å². The van der Waals surface area contributed by atoms with Gasteiger partial charge in [0.15, 0.2) is 0 Å². The van der Waals surface area contributed by atoms with E-state index < -0.39 is 0 Å². The molecule has 0 aromatic heterocycles. The molecule has 0 saturated carbocycles. The number of carbonyl (C=O) groups excluding carboxylic acids is 1. The summed E-state index contributed by atoms with van der Waals surface area (Å²) in [4.78, 5) is 12.9. The average molecular weight is 421 g/mol. The average Bonchev–Trinajstić information content (AvgIpc) is 2.74. The third-order valence-corrected chi connectivity index (χ3v) is 5.75. The molecule has 1 unspecified atom stereocenters. The van der Waals surface area contributed by atoms with Gasteiger partial charge in [-0.1, -0.05) is 49.6 Å². The van der Waals surface area contributed by atoms with Gasteiger partial charge in [-0.3, -0.25) is 0 Å². The predicted molar refractivity (Wildman–Crippen MR) is 127 cm³/mol. The van der Waals surface area contributed by atoms with Gasteiger partial charge in [-0.2, -0.15) is 0 Å². The molecule has 0 aliphatic heterocycles. The Morgan fingerprint density at radius 3 is 2.52 bits per heavy atom. The van der Waals surface area contributed by atoms with Crippen molar-refractivity contribution in [3.63, 3.8) is 0 Å². The third-order valence-electron chi connectivity index (χ3n) is 5.75. The van der Waals surface area contributed by atoms with E-state index in [0.29, 0.717) is 11.3 Å². The van der Waals surface area contributed by atoms with Crippen molar-refractivity contribution in [2.45, 2.75) is 84.7 Å². The highest BCUT2D eigenvalue weighted by atomic mass is 16.5. The van der Waals surface area contributed by atoms with Crippen LogP contribution in [0.25, 0.3) is 0 Å². The lowest BCUT2D eigenvalue weighted by Crippen LogP contribution is -2.15. The van der Waals surface area contributed by atoms with Crippen LogP contribution in [0.15, 0.2) is 54.1 Å². The molecule has 166 valence electrons. The molecule has 0 fully saturated rings. The number of aryl methyl sites for hydroxylation is 1. The van der Waals surface area contributed by atoms with Gasteiger partial charge in [0, 0.05) is 11.5 Å². The zero-order valence-electron chi connectivity index (χ0n) is 19.4. The van der Waals surface area contributed by atoms with Gasteiger partial charge in [0.1, 0.15) is 11.5 Å². The molecular formula is C28H36O3. The summed E-state index contributed by atoms with van der Waals surface area (Å²) in [6, 6.07) is 13.4. The van der Waals surface area contributed by atoms with E-state index in [-0.39, 0.29) is 18.0 Å². The normalized spacial score (nSPS) is 16.2. The standard InChI is InChI=1S/C28H36O3/c1-5-6-8-13-22-18-25(30-20(2)3)27(24-16-11-12-21(4)17-24)26(19-22)31-28(29)23-14-9-7-10-15-23/h7,9-10,14-15,17-20,24H,5-6,8,11-13,16H2,1-4H3. The van der Waals surface area contributed by atoms with Gasteiger partial charge in [0.05, 0.1) is 11.7 Å². The molecule has 31 heavy (non-hydrogen) atoms. The van der Waals surface area contributed by atoms with Crippen LogP contribution in [0.4, 0.5) is 0 Å². The molecule has 0 bridgehead atoms. The molecule has 0 N–H and O–H groups in total. The fourth-order valence-electron chi connectivity index (χ4n) is 4.25. The number of ether oxygens (including phenoxy) is 2. The van der Waals surface area contributed by atoms with Gasteiger partial charge in [-0.15, -0.1) is 0 Å². The van der Waals surface area contributed by atoms with Crippen molar-refractivity contribution in [1.82, 2.24) is 0 Å². The molecule has 0 heterocycles. The summed E-state index contributed by atoms with van der Waals surface area (Å²) in [5.41, 5.74) is 4.13. The molecule has 1 aliphatic carbocycles. The quantitative estimate of drug-likeness (QED) is 0.181. The Balaban J connectivity index is 2.05. The lowest BCUT2D eigenvalue weighted by atomic mass is 9.84. The highest BCUT2D eigenvalue weighted by molar-refractivity contribution is 5.91. The van der Waals surface area contributed by atoms with Crippen molar-refractivity contribution in [2.24, 2.45) is 0 Å². The molecule has 0 amide bonds. The Hall–Kier alpha value is -2.55. The number of esters is 1. The minimum Gasteiger partial charge on any atom is -0.491 e. The number of hydrogen-bond acceptors (Lipinski definition) is 3. The van der Waals surface area contributed by atoms with Gasteiger partial charge in [0.25, 0.3) is 0 Å². The van der Waals surface area contributed by atoms with E-state index in [1.54, 1.807) is 12.1 Å². The van der Waals surface area contributed by atoms with Gasteiger partial charge in [0.2, 0.25) is 0 Å².